The maximum Gasteiger partial charge on any atom is 0.289 e. The summed E-state index contributed by atoms with van der Waals surface area (Å²) < 4.78 is 5.16. The number of piperazine rings is 1. The van der Waals surface area contributed by atoms with Crippen molar-refractivity contribution in [3.8, 4) is 0 Å². The van der Waals surface area contributed by atoms with Gasteiger partial charge in [0.05, 0.1) is 6.26 Å². The smallest absolute Gasteiger partial charge is 0.289 e. The monoisotopic (exact) mass is 343 g/mol. The van der Waals surface area contributed by atoms with E-state index in [-0.39, 0.29) is 11.8 Å². The van der Waals surface area contributed by atoms with Crippen LogP contribution in [0, 0.1) is 0 Å². The van der Waals surface area contributed by atoms with Gasteiger partial charge in [0.1, 0.15) is 0 Å². The standard InChI is InChI=1S/C17H21N5O3/c1-2-4-16(23)18-14-6-7-15(20-19-14)21-8-10-22(11-9-21)17(24)13-5-3-12-25-13/h3,5-7,12H,2,4,8-11H2,1H3,(H,18,19,23). The summed E-state index contributed by atoms with van der Waals surface area (Å²) in [5, 5.41) is 10.9. The molecular formula is C17H21N5O3. The van der Waals surface area contributed by atoms with Crippen LogP contribution in [0.3, 0.4) is 0 Å². The highest BCUT2D eigenvalue weighted by Gasteiger charge is 2.24. The molecule has 2 aromatic rings. The molecule has 1 saturated heterocycles. The molecule has 0 aromatic carbocycles. The Hall–Kier alpha value is -2.90. The molecule has 3 rings (SSSR count). The van der Waals surface area contributed by atoms with Crippen molar-refractivity contribution in [1.82, 2.24) is 15.1 Å². The predicted molar refractivity (Wildman–Crippen MR) is 92.4 cm³/mol. The van der Waals surface area contributed by atoms with Gasteiger partial charge >= 0.3 is 0 Å². The van der Waals surface area contributed by atoms with Crippen LogP contribution in [-0.4, -0.2) is 53.1 Å². The number of carbonyl (C=O) groups excluding carboxylic acids is 2. The van der Waals surface area contributed by atoms with Gasteiger partial charge in [-0.05, 0) is 30.7 Å². The van der Waals surface area contributed by atoms with Crippen LogP contribution in [0.5, 0.6) is 0 Å². The van der Waals surface area contributed by atoms with Gasteiger partial charge < -0.3 is 19.5 Å². The predicted octanol–water partition coefficient (Wildman–Crippen LogP) is 1.77. The van der Waals surface area contributed by atoms with Crippen molar-refractivity contribution in [1.29, 1.82) is 0 Å². The number of nitrogens with zero attached hydrogens (tertiary/aromatic N) is 4. The highest BCUT2D eigenvalue weighted by atomic mass is 16.3. The minimum Gasteiger partial charge on any atom is -0.459 e. The lowest BCUT2D eigenvalue weighted by Crippen LogP contribution is -2.49. The van der Waals surface area contributed by atoms with Crippen LogP contribution < -0.4 is 10.2 Å². The minimum absolute atomic E-state index is 0.0606. The molecule has 1 aliphatic rings. The Kier molecular flexibility index (Phi) is 5.27. The molecule has 1 fully saturated rings. The fraction of sp³-hybridized carbons (Fsp3) is 0.412. The van der Waals surface area contributed by atoms with E-state index in [9.17, 15) is 9.59 Å². The summed E-state index contributed by atoms with van der Waals surface area (Å²) in [5.74, 6) is 1.40. The van der Waals surface area contributed by atoms with Gasteiger partial charge in [-0.3, -0.25) is 9.59 Å². The summed E-state index contributed by atoms with van der Waals surface area (Å²) in [4.78, 5) is 27.6. The number of rotatable bonds is 5. The Morgan fingerprint density at radius 1 is 1.16 bits per heavy atom. The van der Waals surface area contributed by atoms with E-state index in [1.807, 2.05) is 13.0 Å². The van der Waals surface area contributed by atoms with E-state index < -0.39 is 0 Å². The topological polar surface area (TPSA) is 91.6 Å². The number of hydrogen-bond donors (Lipinski definition) is 1. The third kappa shape index (κ3) is 4.14. The van der Waals surface area contributed by atoms with Crippen molar-refractivity contribution in [2.45, 2.75) is 19.8 Å². The van der Waals surface area contributed by atoms with Crippen molar-refractivity contribution in [3.63, 3.8) is 0 Å². The number of amides is 2. The molecule has 3 heterocycles. The zero-order valence-corrected chi connectivity index (χ0v) is 14.1. The van der Waals surface area contributed by atoms with Gasteiger partial charge in [0, 0.05) is 32.6 Å². The van der Waals surface area contributed by atoms with Crippen molar-refractivity contribution < 1.29 is 14.0 Å². The summed E-state index contributed by atoms with van der Waals surface area (Å²) >= 11 is 0. The first-order valence-corrected chi connectivity index (χ1v) is 8.38. The Balaban J connectivity index is 1.54. The molecule has 0 bridgehead atoms. The first-order chi connectivity index (χ1) is 12.2. The molecule has 0 saturated carbocycles. The molecule has 1 aliphatic heterocycles. The fourth-order valence-corrected chi connectivity index (χ4v) is 2.69. The van der Waals surface area contributed by atoms with Crippen molar-refractivity contribution in [2.24, 2.45) is 0 Å². The lowest BCUT2D eigenvalue weighted by Gasteiger charge is -2.34. The number of nitrogens with one attached hydrogen (secondary N) is 1. The van der Waals surface area contributed by atoms with E-state index in [1.165, 1.54) is 6.26 Å². The van der Waals surface area contributed by atoms with Gasteiger partial charge in [0.25, 0.3) is 5.91 Å². The average molecular weight is 343 g/mol. The number of furan rings is 1. The van der Waals surface area contributed by atoms with Crippen LogP contribution in [0.15, 0.2) is 34.9 Å². The van der Waals surface area contributed by atoms with Crippen LogP contribution in [0.4, 0.5) is 11.6 Å². The van der Waals surface area contributed by atoms with Crippen molar-refractivity contribution >= 4 is 23.5 Å². The van der Waals surface area contributed by atoms with Gasteiger partial charge in [-0.1, -0.05) is 6.92 Å². The minimum atomic E-state index is -0.0929. The van der Waals surface area contributed by atoms with Crippen molar-refractivity contribution in [3.05, 3.63) is 36.3 Å². The highest BCUT2D eigenvalue weighted by Crippen LogP contribution is 2.16. The second-order valence-corrected chi connectivity index (χ2v) is 5.83. The summed E-state index contributed by atoms with van der Waals surface area (Å²) in [5.41, 5.74) is 0. The van der Waals surface area contributed by atoms with E-state index in [1.54, 1.807) is 23.1 Å². The summed E-state index contributed by atoms with van der Waals surface area (Å²) in [7, 11) is 0. The average Bonchev–Trinajstić information content (AvgIpc) is 3.17. The van der Waals surface area contributed by atoms with Gasteiger partial charge in [-0.2, -0.15) is 0 Å². The van der Waals surface area contributed by atoms with Gasteiger partial charge in [-0.25, -0.2) is 0 Å². The summed E-state index contributed by atoms with van der Waals surface area (Å²) in [6, 6.07) is 6.96. The Bertz CT molecular complexity index is 706. The van der Waals surface area contributed by atoms with Crippen LogP contribution in [0.25, 0.3) is 0 Å². The van der Waals surface area contributed by atoms with Gasteiger partial charge in [-0.15, -0.1) is 10.2 Å². The largest absolute Gasteiger partial charge is 0.459 e. The van der Waals surface area contributed by atoms with Gasteiger partial charge in [0.2, 0.25) is 5.91 Å². The van der Waals surface area contributed by atoms with E-state index in [0.29, 0.717) is 44.2 Å². The molecule has 0 atom stereocenters. The summed E-state index contributed by atoms with van der Waals surface area (Å²) in [6.45, 7) is 4.47. The molecule has 0 spiro atoms. The van der Waals surface area contributed by atoms with E-state index >= 15 is 0 Å². The quantitative estimate of drug-likeness (QED) is 0.890. The Morgan fingerprint density at radius 2 is 1.96 bits per heavy atom. The maximum atomic E-state index is 12.3. The van der Waals surface area contributed by atoms with Crippen LogP contribution in [0.2, 0.25) is 0 Å². The number of aromatic nitrogens is 2. The molecule has 25 heavy (non-hydrogen) atoms. The van der Waals surface area contributed by atoms with Crippen LogP contribution in [-0.2, 0) is 4.79 Å². The SMILES string of the molecule is CCCC(=O)Nc1ccc(N2CCN(C(=O)c3ccco3)CC2)nn1. The first-order valence-electron chi connectivity index (χ1n) is 8.38. The molecule has 8 heteroatoms. The zero-order chi connectivity index (χ0) is 17.6. The highest BCUT2D eigenvalue weighted by molar-refractivity contribution is 5.91. The van der Waals surface area contributed by atoms with Crippen molar-refractivity contribution in [2.75, 3.05) is 36.4 Å². The number of anilines is 2. The molecule has 0 aliphatic carbocycles. The third-order valence-corrected chi connectivity index (χ3v) is 4.02. The molecule has 132 valence electrons. The summed E-state index contributed by atoms with van der Waals surface area (Å²) in [6.07, 6.45) is 2.76. The lowest BCUT2D eigenvalue weighted by atomic mass is 10.2. The van der Waals surface area contributed by atoms with Crippen LogP contribution >= 0.6 is 0 Å². The molecule has 0 radical (unpaired) electrons. The molecular weight excluding hydrogens is 322 g/mol. The number of hydrogen-bond acceptors (Lipinski definition) is 6. The lowest BCUT2D eigenvalue weighted by molar-refractivity contribution is -0.116. The number of carbonyl (C=O) groups is 2. The molecule has 2 amide bonds. The van der Waals surface area contributed by atoms with Crippen LogP contribution in [0.1, 0.15) is 30.3 Å². The van der Waals surface area contributed by atoms with E-state index in [4.69, 9.17) is 4.42 Å². The van der Waals surface area contributed by atoms with E-state index in [0.717, 1.165) is 12.2 Å². The Morgan fingerprint density at radius 3 is 2.56 bits per heavy atom. The first kappa shape index (κ1) is 16.9. The second-order valence-electron chi connectivity index (χ2n) is 5.83. The molecule has 8 nitrogen and oxygen atoms in total. The zero-order valence-electron chi connectivity index (χ0n) is 14.1. The van der Waals surface area contributed by atoms with Gasteiger partial charge in [0.15, 0.2) is 17.4 Å². The molecule has 1 N–H and O–H groups in total. The maximum absolute atomic E-state index is 12.3. The van der Waals surface area contributed by atoms with E-state index in [2.05, 4.69) is 20.4 Å². The normalized spacial score (nSPS) is 14.4. The third-order valence-electron chi connectivity index (χ3n) is 4.02. The second kappa shape index (κ2) is 7.78. The Labute approximate surface area is 145 Å². The molecule has 0 unspecified atom stereocenters. The fourth-order valence-electron chi connectivity index (χ4n) is 2.69. The molecule has 2 aromatic heterocycles.